The number of rotatable bonds is 14. The first kappa shape index (κ1) is 20.3. The van der Waals surface area contributed by atoms with E-state index in [1.807, 2.05) is 0 Å². The third-order valence-corrected chi connectivity index (χ3v) is 5.51. The molecule has 0 amide bonds. The molecule has 0 heterocycles. The second kappa shape index (κ2) is 13.0. The van der Waals surface area contributed by atoms with Gasteiger partial charge in [-0.3, -0.25) is 0 Å². The third kappa shape index (κ3) is 9.79. The van der Waals surface area contributed by atoms with Gasteiger partial charge < -0.3 is 18.0 Å². The summed E-state index contributed by atoms with van der Waals surface area (Å²) in [6.07, 6.45) is 4.60. The van der Waals surface area contributed by atoms with E-state index in [-0.39, 0.29) is 0 Å². The van der Waals surface area contributed by atoms with E-state index in [2.05, 4.69) is 27.4 Å². The molecule has 5 nitrogen and oxygen atoms in total. The zero-order valence-corrected chi connectivity index (χ0v) is 14.7. The van der Waals surface area contributed by atoms with Crippen molar-refractivity contribution in [2.24, 2.45) is 0 Å². The second-order valence-electron chi connectivity index (χ2n) is 4.70. The van der Waals surface area contributed by atoms with Crippen molar-refractivity contribution < 1.29 is 22.8 Å². The van der Waals surface area contributed by atoms with Crippen molar-refractivity contribution in [1.82, 2.24) is 0 Å². The van der Waals surface area contributed by atoms with Gasteiger partial charge >= 0.3 is 14.8 Å². The summed E-state index contributed by atoms with van der Waals surface area (Å²) in [5.74, 6) is -0.402. The molecule has 0 rings (SSSR count). The Labute approximate surface area is 130 Å². The van der Waals surface area contributed by atoms with E-state index in [1.165, 1.54) is 6.08 Å². The minimum Gasteiger partial charge on any atom is -0.463 e. The van der Waals surface area contributed by atoms with E-state index in [0.29, 0.717) is 38.9 Å². The Kier molecular flexibility index (Phi) is 12.6. The summed E-state index contributed by atoms with van der Waals surface area (Å²) >= 11 is 0. The van der Waals surface area contributed by atoms with Crippen LogP contribution in [0.5, 0.6) is 0 Å². The van der Waals surface area contributed by atoms with Gasteiger partial charge in [-0.05, 0) is 25.7 Å². The maximum atomic E-state index is 11.0. The standard InChI is InChI=1S/C15H30O5Si/c1-5-10-18-21(19-11-6-2,20-12-7-3)14-9-13-17-15(16)8-4/h8H,4-7,9-14H2,1-3H3. The molecule has 21 heavy (non-hydrogen) atoms. The predicted octanol–water partition coefficient (Wildman–Crippen LogP) is 3.32. The van der Waals surface area contributed by atoms with E-state index in [9.17, 15) is 4.79 Å². The monoisotopic (exact) mass is 318 g/mol. The van der Waals surface area contributed by atoms with Crippen LogP contribution in [0.3, 0.4) is 0 Å². The molecular weight excluding hydrogens is 288 g/mol. The van der Waals surface area contributed by atoms with Crippen LogP contribution < -0.4 is 0 Å². The highest BCUT2D eigenvalue weighted by Gasteiger charge is 2.40. The van der Waals surface area contributed by atoms with Gasteiger partial charge in [0.15, 0.2) is 0 Å². The average molecular weight is 318 g/mol. The highest BCUT2D eigenvalue weighted by Crippen LogP contribution is 2.19. The van der Waals surface area contributed by atoms with Crippen LogP contribution in [0.15, 0.2) is 12.7 Å². The van der Waals surface area contributed by atoms with E-state index in [4.69, 9.17) is 18.0 Å². The number of carbonyl (C=O) groups excluding carboxylic acids is 1. The van der Waals surface area contributed by atoms with Gasteiger partial charge in [0.1, 0.15) is 0 Å². The highest BCUT2D eigenvalue weighted by atomic mass is 28.4. The Morgan fingerprint density at radius 3 is 1.81 bits per heavy atom. The number of carbonyl (C=O) groups is 1. The van der Waals surface area contributed by atoms with Crippen molar-refractivity contribution in [2.75, 3.05) is 26.4 Å². The van der Waals surface area contributed by atoms with Gasteiger partial charge in [0, 0.05) is 31.9 Å². The molecule has 0 saturated carbocycles. The summed E-state index contributed by atoms with van der Waals surface area (Å²) in [6, 6.07) is 0.664. The van der Waals surface area contributed by atoms with Crippen molar-refractivity contribution in [2.45, 2.75) is 52.5 Å². The summed E-state index contributed by atoms with van der Waals surface area (Å²) in [6.45, 7) is 11.8. The second-order valence-corrected chi connectivity index (χ2v) is 7.44. The minimum atomic E-state index is -2.66. The van der Waals surface area contributed by atoms with E-state index < -0.39 is 14.8 Å². The van der Waals surface area contributed by atoms with Crippen LogP contribution in [-0.4, -0.2) is 41.2 Å². The maximum absolute atomic E-state index is 11.0. The van der Waals surface area contributed by atoms with Gasteiger partial charge in [-0.2, -0.15) is 0 Å². The van der Waals surface area contributed by atoms with Crippen LogP contribution >= 0.6 is 0 Å². The number of hydrogen-bond donors (Lipinski definition) is 0. The molecule has 0 aromatic rings. The molecule has 0 radical (unpaired) electrons. The van der Waals surface area contributed by atoms with Crippen molar-refractivity contribution in [3.05, 3.63) is 12.7 Å². The molecule has 0 atom stereocenters. The Balaban J connectivity index is 4.47. The molecule has 0 fully saturated rings. The molecule has 0 saturated heterocycles. The summed E-state index contributed by atoms with van der Waals surface area (Å²) in [7, 11) is -2.66. The lowest BCUT2D eigenvalue weighted by Crippen LogP contribution is -2.46. The van der Waals surface area contributed by atoms with Gasteiger partial charge in [-0.1, -0.05) is 27.4 Å². The van der Waals surface area contributed by atoms with Crippen molar-refractivity contribution in [3.63, 3.8) is 0 Å². The molecule has 0 spiro atoms. The summed E-state index contributed by atoms with van der Waals surface area (Å²) in [5.41, 5.74) is 0. The first-order chi connectivity index (χ1) is 10.1. The Bertz CT molecular complexity index is 261. The van der Waals surface area contributed by atoms with Gasteiger partial charge in [-0.25, -0.2) is 4.79 Å². The molecule has 0 unspecified atom stereocenters. The summed E-state index contributed by atoms with van der Waals surface area (Å²) < 4.78 is 22.8. The van der Waals surface area contributed by atoms with Crippen molar-refractivity contribution in [1.29, 1.82) is 0 Å². The van der Waals surface area contributed by atoms with Crippen LogP contribution in [-0.2, 0) is 22.8 Å². The fraction of sp³-hybridized carbons (Fsp3) is 0.800. The average Bonchev–Trinajstić information content (AvgIpc) is 2.52. The zero-order chi connectivity index (χ0) is 16.0. The van der Waals surface area contributed by atoms with Crippen LogP contribution in [0.4, 0.5) is 0 Å². The lowest BCUT2D eigenvalue weighted by atomic mass is 10.5. The van der Waals surface area contributed by atoms with Crippen LogP contribution in [0.1, 0.15) is 46.5 Å². The van der Waals surface area contributed by atoms with Crippen LogP contribution in [0.25, 0.3) is 0 Å². The molecule has 124 valence electrons. The van der Waals surface area contributed by atoms with Gasteiger partial charge in [0.2, 0.25) is 0 Å². The van der Waals surface area contributed by atoms with E-state index in [1.54, 1.807) is 0 Å². The number of hydrogen-bond acceptors (Lipinski definition) is 5. The molecule has 0 aromatic carbocycles. The summed E-state index contributed by atoms with van der Waals surface area (Å²) in [4.78, 5) is 11.0. The zero-order valence-electron chi connectivity index (χ0n) is 13.7. The molecule has 6 heteroatoms. The lowest BCUT2D eigenvalue weighted by Gasteiger charge is -2.29. The summed E-state index contributed by atoms with van der Waals surface area (Å²) in [5, 5.41) is 0. The van der Waals surface area contributed by atoms with Crippen LogP contribution in [0, 0.1) is 0 Å². The fourth-order valence-electron chi connectivity index (χ4n) is 1.63. The molecule has 0 N–H and O–H groups in total. The molecular formula is C15H30O5Si. The fourth-order valence-corrected chi connectivity index (χ4v) is 4.44. The quantitative estimate of drug-likeness (QED) is 0.213. The van der Waals surface area contributed by atoms with Crippen LogP contribution in [0.2, 0.25) is 6.04 Å². The minimum absolute atomic E-state index is 0.333. The third-order valence-electron chi connectivity index (χ3n) is 2.62. The van der Waals surface area contributed by atoms with Gasteiger partial charge in [0.05, 0.1) is 6.61 Å². The number of ether oxygens (including phenoxy) is 1. The van der Waals surface area contributed by atoms with Gasteiger partial charge in [0.25, 0.3) is 0 Å². The van der Waals surface area contributed by atoms with E-state index in [0.717, 1.165) is 19.3 Å². The molecule has 0 aliphatic rings. The first-order valence-electron chi connectivity index (χ1n) is 7.85. The first-order valence-corrected chi connectivity index (χ1v) is 9.78. The lowest BCUT2D eigenvalue weighted by molar-refractivity contribution is -0.137. The predicted molar refractivity (Wildman–Crippen MR) is 85.1 cm³/mol. The highest BCUT2D eigenvalue weighted by molar-refractivity contribution is 6.60. The normalized spacial score (nSPS) is 11.4. The molecule has 0 aliphatic carbocycles. The Morgan fingerprint density at radius 2 is 1.43 bits per heavy atom. The number of esters is 1. The van der Waals surface area contributed by atoms with Crippen molar-refractivity contribution >= 4 is 14.8 Å². The largest absolute Gasteiger partial charge is 0.501 e. The van der Waals surface area contributed by atoms with E-state index >= 15 is 0 Å². The molecule has 0 aromatic heterocycles. The Hall–Kier alpha value is -0.693. The maximum Gasteiger partial charge on any atom is 0.501 e. The smallest absolute Gasteiger partial charge is 0.463 e. The molecule has 0 bridgehead atoms. The Morgan fingerprint density at radius 1 is 0.952 bits per heavy atom. The molecule has 0 aliphatic heterocycles. The SMILES string of the molecule is C=CC(=O)OCCC[Si](OCCC)(OCCC)OCCC. The topological polar surface area (TPSA) is 54.0 Å². The van der Waals surface area contributed by atoms with Crippen molar-refractivity contribution in [3.8, 4) is 0 Å². The van der Waals surface area contributed by atoms with Gasteiger partial charge in [-0.15, -0.1) is 0 Å².